The van der Waals surface area contributed by atoms with Crippen molar-refractivity contribution < 1.29 is 23.9 Å². The van der Waals surface area contributed by atoms with Crippen molar-refractivity contribution in [2.24, 2.45) is 17.3 Å². The van der Waals surface area contributed by atoms with E-state index in [1.165, 1.54) is 103 Å². The fourth-order valence-electron chi connectivity index (χ4n) is 8.02. The number of ether oxygens (including phenoxy) is 2. The molecule has 318 valence electrons. The first-order valence-electron chi connectivity index (χ1n) is 23.2. The SMILES string of the molecule is CCCCCCCCC(CCCCCC)C(=O)OCCC1(CCOC(=O)C(CCCCCC)CCCCCCCC)CCN(C(=O)NCCN(C)C)CC1. The second kappa shape index (κ2) is 33.3. The van der Waals surface area contributed by atoms with Crippen LogP contribution in [-0.2, 0) is 19.1 Å². The lowest BCUT2D eigenvalue weighted by Gasteiger charge is -2.42. The molecule has 0 bridgehead atoms. The topological polar surface area (TPSA) is 88.2 Å². The highest BCUT2D eigenvalue weighted by Crippen LogP contribution is 2.39. The number of likely N-dealkylation sites (tertiary alicyclic amines) is 1. The fourth-order valence-corrected chi connectivity index (χ4v) is 8.02. The number of nitrogens with zero attached hydrogens (tertiary/aromatic N) is 2. The van der Waals surface area contributed by atoms with Crippen molar-refractivity contribution in [3.8, 4) is 0 Å². The van der Waals surface area contributed by atoms with E-state index in [4.69, 9.17) is 9.47 Å². The first-order valence-corrected chi connectivity index (χ1v) is 23.2. The van der Waals surface area contributed by atoms with Gasteiger partial charge in [-0.25, -0.2) is 4.79 Å². The molecular weight excluding hydrogens is 675 g/mol. The zero-order valence-corrected chi connectivity index (χ0v) is 36.6. The van der Waals surface area contributed by atoms with E-state index in [9.17, 15) is 14.4 Å². The van der Waals surface area contributed by atoms with Gasteiger partial charge in [0.2, 0.25) is 0 Å². The monoisotopic (exact) mass is 764 g/mol. The molecule has 1 saturated heterocycles. The first-order chi connectivity index (χ1) is 26.2. The maximum atomic E-state index is 13.5. The summed E-state index contributed by atoms with van der Waals surface area (Å²) in [7, 11) is 4.02. The van der Waals surface area contributed by atoms with Gasteiger partial charge in [-0.3, -0.25) is 9.59 Å². The summed E-state index contributed by atoms with van der Waals surface area (Å²) >= 11 is 0. The minimum absolute atomic E-state index is 0.00970. The van der Waals surface area contributed by atoms with E-state index < -0.39 is 0 Å². The molecule has 0 radical (unpaired) electrons. The van der Waals surface area contributed by atoms with Gasteiger partial charge in [0.1, 0.15) is 0 Å². The van der Waals surface area contributed by atoms with E-state index in [0.29, 0.717) is 32.8 Å². The maximum absolute atomic E-state index is 13.5. The second-order valence-electron chi connectivity index (χ2n) is 17.1. The molecule has 2 atom stereocenters. The van der Waals surface area contributed by atoms with Crippen LogP contribution in [0.3, 0.4) is 0 Å². The molecule has 2 unspecified atom stereocenters. The number of carbonyl (C=O) groups excluding carboxylic acids is 3. The van der Waals surface area contributed by atoms with Gasteiger partial charge >= 0.3 is 18.0 Å². The Morgan fingerprint density at radius 1 is 0.574 bits per heavy atom. The molecule has 0 aliphatic carbocycles. The molecule has 2 amide bonds. The fraction of sp³-hybridized carbons (Fsp3) is 0.935. The Bertz CT molecular complexity index is 868. The van der Waals surface area contributed by atoms with Crippen LogP contribution < -0.4 is 5.32 Å². The van der Waals surface area contributed by atoms with Gasteiger partial charge < -0.3 is 24.6 Å². The highest BCUT2D eigenvalue weighted by atomic mass is 16.5. The normalized spacial score (nSPS) is 15.3. The van der Waals surface area contributed by atoms with Crippen molar-refractivity contribution >= 4 is 18.0 Å². The van der Waals surface area contributed by atoms with E-state index in [1.54, 1.807) is 0 Å². The third kappa shape index (κ3) is 24.6. The molecule has 0 aromatic rings. The van der Waals surface area contributed by atoms with Gasteiger partial charge in [-0.15, -0.1) is 0 Å². The maximum Gasteiger partial charge on any atom is 0.317 e. The van der Waals surface area contributed by atoms with Crippen LogP contribution in [0.5, 0.6) is 0 Å². The number of urea groups is 1. The molecule has 8 nitrogen and oxygen atoms in total. The van der Waals surface area contributed by atoms with Gasteiger partial charge in [-0.05, 0) is 70.9 Å². The van der Waals surface area contributed by atoms with Crippen LogP contribution in [0.4, 0.5) is 4.79 Å². The van der Waals surface area contributed by atoms with Crippen molar-refractivity contribution in [2.45, 2.75) is 207 Å². The molecule has 0 saturated carbocycles. The van der Waals surface area contributed by atoms with Crippen LogP contribution >= 0.6 is 0 Å². The Morgan fingerprint density at radius 3 is 1.30 bits per heavy atom. The molecule has 1 N–H and O–H groups in total. The molecule has 1 rings (SSSR count). The van der Waals surface area contributed by atoms with E-state index >= 15 is 0 Å². The Kier molecular flexibility index (Phi) is 31.0. The molecular formula is C46H89N3O5. The summed E-state index contributed by atoms with van der Waals surface area (Å²) in [6, 6.07) is -0.00970. The number of piperidine rings is 1. The predicted octanol–water partition coefficient (Wildman–Crippen LogP) is 11.9. The summed E-state index contributed by atoms with van der Waals surface area (Å²) in [5, 5.41) is 3.07. The van der Waals surface area contributed by atoms with Crippen LogP contribution in [0.25, 0.3) is 0 Å². The summed E-state index contributed by atoms with van der Waals surface area (Å²) in [5.74, 6) is -0.0861. The smallest absolute Gasteiger partial charge is 0.317 e. The number of esters is 2. The number of amides is 2. The van der Waals surface area contributed by atoms with Gasteiger partial charge in [0.25, 0.3) is 0 Å². The first kappa shape index (κ1) is 50.2. The number of nitrogens with one attached hydrogen (secondary N) is 1. The predicted molar refractivity (Wildman–Crippen MR) is 227 cm³/mol. The average Bonchev–Trinajstić information content (AvgIpc) is 3.16. The minimum atomic E-state index is -0.132. The quantitative estimate of drug-likeness (QED) is 0.0511. The zero-order chi connectivity index (χ0) is 39.7. The van der Waals surface area contributed by atoms with Crippen molar-refractivity contribution in [3.63, 3.8) is 0 Å². The summed E-state index contributed by atoms with van der Waals surface area (Å²) in [5.41, 5.74) is -0.132. The van der Waals surface area contributed by atoms with Crippen LogP contribution in [0, 0.1) is 17.3 Å². The Morgan fingerprint density at radius 2 is 0.926 bits per heavy atom. The second-order valence-corrected chi connectivity index (χ2v) is 17.1. The number of rotatable bonds is 35. The van der Waals surface area contributed by atoms with E-state index in [2.05, 4.69) is 37.9 Å². The average molecular weight is 764 g/mol. The molecule has 1 heterocycles. The molecule has 1 aliphatic heterocycles. The molecule has 1 aliphatic rings. The van der Waals surface area contributed by atoms with Gasteiger partial charge in [-0.1, -0.05) is 156 Å². The molecule has 54 heavy (non-hydrogen) atoms. The summed E-state index contributed by atoms with van der Waals surface area (Å²) in [6.07, 6.45) is 30.9. The standard InChI is InChI=1S/C46H89N3O5/c1-7-11-15-19-21-25-29-41(27-23-17-13-9-3)43(50)53-39-33-46(31-36-49(37-32-46)45(52)47-35-38-48(5)6)34-40-54-44(51)42(28-24-18-14-10-4)30-26-22-20-16-12-8-2/h41-42H,7-40H2,1-6H3,(H,47,52). The van der Waals surface area contributed by atoms with Gasteiger partial charge in [-0.2, -0.15) is 0 Å². The van der Waals surface area contributed by atoms with E-state index in [-0.39, 0.29) is 35.2 Å². The Labute approximate surface area is 334 Å². The lowest BCUT2D eigenvalue weighted by Crippen LogP contribution is -2.49. The molecule has 0 aromatic heterocycles. The Balaban J connectivity index is 2.88. The lowest BCUT2D eigenvalue weighted by atomic mass is 9.73. The van der Waals surface area contributed by atoms with Crippen molar-refractivity contribution in [1.82, 2.24) is 15.1 Å². The van der Waals surface area contributed by atoms with Gasteiger partial charge in [0.15, 0.2) is 0 Å². The highest BCUT2D eigenvalue weighted by molar-refractivity contribution is 5.74. The van der Waals surface area contributed by atoms with Crippen LogP contribution in [-0.4, -0.2) is 81.3 Å². The molecule has 1 fully saturated rings. The Hall–Kier alpha value is -1.83. The van der Waals surface area contributed by atoms with E-state index in [0.717, 1.165) is 83.6 Å². The van der Waals surface area contributed by atoms with E-state index in [1.807, 2.05) is 19.0 Å². The summed E-state index contributed by atoms with van der Waals surface area (Å²) < 4.78 is 12.2. The van der Waals surface area contributed by atoms with Crippen molar-refractivity contribution in [1.29, 1.82) is 0 Å². The van der Waals surface area contributed by atoms with Crippen molar-refractivity contribution in [2.75, 3.05) is 53.5 Å². The summed E-state index contributed by atoms with van der Waals surface area (Å²) in [6.45, 7) is 12.5. The molecule has 0 aromatic carbocycles. The number of hydrogen-bond donors (Lipinski definition) is 1. The summed E-state index contributed by atoms with van der Waals surface area (Å²) in [4.78, 5) is 44.0. The third-order valence-corrected chi connectivity index (χ3v) is 12.0. The van der Waals surface area contributed by atoms with Crippen LogP contribution in [0.15, 0.2) is 0 Å². The largest absolute Gasteiger partial charge is 0.465 e. The van der Waals surface area contributed by atoms with Crippen LogP contribution in [0.1, 0.15) is 207 Å². The van der Waals surface area contributed by atoms with Crippen molar-refractivity contribution in [3.05, 3.63) is 0 Å². The lowest BCUT2D eigenvalue weighted by molar-refractivity contribution is -0.151. The third-order valence-electron chi connectivity index (χ3n) is 12.0. The molecule has 8 heteroatoms. The number of unbranched alkanes of at least 4 members (excludes halogenated alkanes) is 16. The van der Waals surface area contributed by atoms with Gasteiger partial charge in [0, 0.05) is 26.2 Å². The minimum Gasteiger partial charge on any atom is -0.465 e. The van der Waals surface area contributed by atoms with Gasteiger partial charge in [0.05, 0.1) is 25.0 Å². The zero-order valence-electron chi connectivity index (χ0n) is 36.6. The number of likely N-dealkylation sites (N-methyl/N-ethyl adjacent to an activating group) is 1. The highest BCUT2D eigenvalue weighted by Gasteiger charge is 2.37. The molecule has 0 spiro atoms. The van der Waals surface area contributed by atoms with Crippen LogP contribution in [0.2, 0.25) is 0 Å². The number of hydrogen-bond acceptors (Lipinski definition) is 6. The number of carbonyl (C=O) groups is 3.